The first-order valence-electron chi connectivity index (χ1n) is 14.9. The second-order valence-electron chi connectivity index (χ2n) is 11.2. The second-order valence-corrected chi connectivity index (χ2v) is 14.9. The van der Waals surface area contributed by atoms with Gasteiger partial charge < -0.3 is 9.47 Å². The van der Waals surface area contributed by atoms with E-state index in [1.807, 2.05) is 22.9 Å². The first-order chi connectivity index (χ1) is 22.5. The molecule has 1 aliphatic heterocycles. The van der Waals surface area contributed by atoms with Crippen molar-refractivity contribution < 1.29 is 35.9 Å². The fourth-order valence-electron chi connectivity index (χ4n) is 5.33. The van der Waals surface area contributed by atoms with Gasteiger partial charge in [0.15, 0.2) is 5.69 Å². The van der Waals surface area contributed by atoms with Gasteiger partial charge in [0.1, 0.15) is 13.2 Å². The molecule has 0 atom stereocenters. The molecule has 0 bridgehead atoms. The summed E-state index contributed by atoms with van der Waals surface area (Å²) in [7, 11) is -5.08. The third-order valence-electron chi connectivity index (χ3n) is 7.88. The van der Waals surface area contributed by atoms with Crippen LogP contribution in [0, 0.1) is 0 Å². The average molecular weight is 681 g/mol. The number of rotatable bonds is 11. The van der Waals surface area contributed by atoms with Gasteiger partial charge in [-0.1, -0.05) is 84.9 Å². The summed E-state index contributed by atoms with van der Waals surface area (Å²) in [6, 6.07) is 26.5. The van der Waals surface area contributed by atoms with Crippen molar-refractivity contribution in [1.29, 1.82) is 0 Å². The Labute approximate surface area is 274 Å². The molecule has 248 valence electrons. The number of esters is 1. The topological polar surface area (TPSA) is 144 Å². The molecule has 12 nitrogen and oxygen atoms in total. The molecule has 2 heterocycles. The van der Waals surface area contributed by atoms with Crippen molar-refractivity contribution >= 4 is 32.5 Å². The van der Waals surface area contributed by atoms with Crippen LogP contribution in [0.3, 0.4) is 0 Å². The predicted molar refractivity (Wildman–Crippen MR) is 176 cm³/mol. The maximum absolute atomic E-state index is 13.5. The molecule has 14 heteroatoms. The van der Waals surface area contributed by atoms with Gasteiger partial charge in [0.05, 0.1) is 0 Å². The number of aromatic nitrogens is 1. The quantitative estimate of drug-likeness (QED) is 0.228. The summed E-state index contributed by atoms with van der Waals surface area (Å²) >= 11 is 0. The predicted octanol–water partition coefficient (Wildman–Crippen LogP) is 4.52. The zero-order valence-electron chi connectivity index (χ0n) is 26.0. The summed E-state index contributed by atoms with van der Waals surface area (Å²) < 4.78 is 67.6. The van der Waals surface area contributed by atoms with E-state index >= 15 is 0 Å². The van der Waals surface area contributed by atoms with Gasteiger partial charge in [0.25, 0.3) is 10.2 Å². The number of piperidine rings is 1. The summed E-state index contributed by atoms with van der Waals surface area (Å²) in [5.41, 5.74) is 2.91. The molecule has 1 amide bonds. The highest BCUT2D eigenvalue weighted by Crippen LogP contribution is 2.33. The Kier molecular flexibility index (Phi) is 10.4. The van der Waals surface area contributed by atoms with Crippen LogP contribution < -0.4 is 4.72 Å². The SMILES string of the molecule is CN(C)S(=O)(=O)N1CCC(c2ccc(-c3ccn(S(=O)(=O)NC(=O)OCc4ccccc4)c3C(=O)OCc3ccccc3)cc2)CC1. The zero-order chi connectivity index (χ0) is 33.6. The van der Waals surface area contributed by atoms with E-state index in [0.29, 0.717) is 46.6 Å². The molecule has 47 heavy (non-hydrogen) atoms. The Morgan fingerprint density at radius 3 is 1.89 bits per heavy atom. The molecule has 1 aliphatic rings. The summed E-state index contributed by atoms with van der Waals surface area (Å²) in [6.07, 6.45) is 1.26. The molecule has 3 aromatic carbocycles. The fourth-order valence-corrected chi connectivity index (χ4v) is 7.47. The Bertz CT molecular complexity index is 1900. The van der Waals surface area contributed by atoms with Crippen molar-refractivity contribution in [3.05, 3.63) is 120 Å². The normalized spacial score (nSPS) is 14.5. The van der Waals surface area contributed by atoms with Crippen LogP contribution in [0.25, 0.3) is 11.1 Å². The maximum atomic E-state index is 13.5. The average Bonchev–Trinajstić information content (AvgIpc) is 3.54. The third kappa shape index (κ3) is 8.08. The number of carbonyl (C=O) groups excluding carboxylic acids is 2. The van der Waals surface area contributed by atoms with Gasteiger partial charge in [-0.2, -0.15) is 25.4 Å². The van der Waals surface area contributed by atoms with Crippen LogP contribution in [0.5, 0.6) is 0 Å². The first kappa shape index (κ1) is 33.9. The first-order valence-corrected chi connectivity index (χ1v) is 17.7. The fraction of sp³-hybridized carbons (Fsp3) is 0.273. The van der Waals surface area contributed by atoms with Gasteiger partial charge in [-0.25, -0.2) is 18.3 Å². The van der Waals surface area contributed by atoms with Crippen molar-refractivity contribution in [1.82, 2.24) is 17.3 Å². The number of nitrogens with one attached hydrogen (secondary N) is 1. The summed E-state index contributed by atoms with van der Waals surface area (Å²) in [5.74, 6) is -0.778. The van der Waals surface area contributed by atoms with Crippen LogP contribution in [0.2, 0.25) is 0 Å². The van der Waals surface area contributed by atoms with E-state index in [1.165, 1.54) is 35.0 Å². The van der Waals surface area contributed by atoms with Crippen LogP contribution in [0.1, 0.15) is 45.9 Å². The van der Waals surface area contributed by atoms with Crippen molar-refractivity contribution in [2.24, 2.45) is 0 Å². The molecule has 1 aromatic heterocycles. The van der Waals surface area contributed by atoms with Gasteiger partial charge in [0, 0.05) is 38.9 Å². The summed E-state index contributed by atoms with van der Waals surface area (Å²) in [6.45, 7) is 0.539. The van der Waals surface area contributed by atoms with E-state index in [-0.39, 0.29) is 30.4 Å². The Hall–Kier alpha value is -4.50. The molecule has 1 N–H and O–H groups in total. The number of hydrogen-bond donors (Lipinski definition) is 1. The van der Waals surface area contributed by atoms with Crippen LogP contribution in [-0.4, -0.2) is 68.7 Å². The molecule has 1 fully saturated rings. The highest BCUT2D eigenvalue weighted by Gasteiger charge is 2.31. The molecule has 1 saturated heterocycles. The number of nitrogens with zero attached hydrogens (tertiary/aromatic N) is 3. The van der Waals surface area contributed by atoms with Crippen LogP contribution in [0.15, 0.2) is 97.2 Å². The van der Waals surface area contributed by atoms with Crippen LogP contribution >= 0.6 is 0 Å². The molecular weight excluding hydrogens is 645 g/mol. The molecule has 0 unspecified atom stereocenters. The minimum Gasteiger partial charge on any atom is -0.456 e. The van der Waals surface area contributed by atoms with Crippen molar-refractivity contribution in [2.45, 2.75) is 32.0 Å². The third-order valence-corrected chi connectivity index (χ3v) is 11.1. The standard InChI is InChI=1S/C33H36N4O8S2/c1-35(2)47(42,43)36-20-17-28(18-21-36)27-13-15-29(16-14-27)30-19-22-37(31(30)32(38)44-23-25-9-5-3-6-10-25)46(40,41)34-33(39)45-24-26-11-7-4-8-12-26/h3-16,19,22,28H,17-18,20-21,23-24H2,1-2H3,(H,34,39). The van der Waals surface area contributed by atoms with Gasteiger partial charge in [-0.15, -0.1) is 0 Å². The number of hydrogen-bond acceptors (Lipinski definition) is 8. The zero-order valence-corrected chi connectivity index (χ0v) is 27.6. The highest BCUT2D eigenvalue weighted by atomic mass is 32.2. The lowest BCUT2D eigenvalue weighted by molar-refractivity contribution is 0.0465. The van der Waals surface area contributed by atoms with E-state index in [0.717, 1.165) is 5.56 Å². The van der Waals surface area contributed by atoms with Crippen molar-refractivity contribution in [3.8, 4) is 11.1 Å². The van der Waals surface area contributed by atoms with E-state index < -0.39 is 32.5 Å². The molecule has 0 aliphatic carbocycles. The van der Waals surface area contributed by atoms with E-state index in [4.69, 9.17) is 9.47 Å². The number of amides is 1. The van der Waals surface area contributed by atoms with Crippen LogP contribution in [-0.2, 0) is 43.1 Å². The lowest BCUT2D eigenvalue weighted by atomic mass is 9.89. The molecular formula is C33H36N4O8S2. The Balaban J connectivity index is 1.37. The molecule has 0 spiro atoms. The van der Waals surface area contributed by atoms with Gasteiger partial charge in [-0.3, -0.25) is 0 Å². The Morgan fingerprint density at radius 2 is 1.34 bits per heavy atom. The highest BCUT2D eigenvalue weighted by molar-refractivity contribution is 7.88. The summed E-state index contributed by atoms with van der Waals surface area (Å²) in [5, 5.41) is 0. The molecule has 0 radical (unpaired) electrons. The Morgan fingerprint density at radius 1 is 0.787 bits per heavy atom. The van der Waals surface area contributed by atoms with E-state index in [2.05, 4.69) is 0 Å². The van der Waals surface area contributed by atoms with Gasteiger partial charge in [0.2, 0.25) is 0 Å². The molecule has 0 saturated carbocycles. The van der Waals surface area contributed by atoms with Gasteiger partial charge >= 0.3 is 22.3 Å². The molecule has 4 aromatic rings. The lowest BCUT2D eigenvalue weighted by Crippen LogP contribution is -2.44. The van der Waals surface area contributed by atoms with E-state index in [1.54, 1.807) is 66.7 Å². The van der Waals surface area contributed by atoms with Crippen LogP contribution in [0.4, 0.5) is 4.79 Å². The summed E-state index contributed by atoms with van der Waals surface area (Å²) in [4.78, 5) is 26.0. The number of ether oxygens (including phenoxy) is 2. The number of benzene rings is 3. The maximum Gasteiger partial charge on any atom is 0.422 e. The lowest BCUT2D eigenvalue weighted by Gasteiger charge is -2.33. The van der Waals surface area contributed by atoms with Gasteiger partial charge in [-0.05, 0) is 47.1 Å². The van der Waals surface area contributed by atoms with Crippen molar-refractivity contribution in [3.63, 3.8) is 0 Å². The minimum absolute atomic E-state index is 0.0991. The molecule has 5 rings (SSSR count). The monoisotopic (exact) mass is 680 g/mol. The van der Waals surface area contributed by atoms with Crippen molar-refractivity contribution in [2.75, 3.05) is 27.2 Å². The largest absolute Gasteiger partial charge is 0.456 e. The number of carbonyl (C=O) groups is 2. The smallest absolute Gasteiger partial charge is 0.422 e. The minimum atomic E-state index is -4.62. The van der Waals surface area contributed by atoms with E-state index in [9.17, 15) is 26.4 Å². The second kappa shape index (κ2) is 14.5.